The Kier molecular flexibility index (Phi) is 4.79. The number of hydrogen-bond donors (Lipinski definition) is 1. The Morgan fingerprint density at radius 2 is 2.00 bits per heavy atom. The van der Waals surface area contributed by atoms with Crippen LogP contribution in [0, 0.1) is 5.92 Å². The predicted molar refractivity (Wildman–Crippen MR) is 77.6 cm³/mol. The van der Waals surface area contributed by atoms with Crippen LogP contribution in [0.4, 0.5) is 0 Å². The molecular formula is C16H26N2. The van der Waals surface area contributed by atoms with E-state index in [1.807, 2.05) is 0 Å². The molecule has 0 spiro atoms. The first-order valence-electron chi connectivity index (χ1n) is 7.16. The second kappa shape index (κ2) is 6.35. The molecule has 1 aliphatic rings. The number of hydrogen-bond acceptors (Lipinski definition) is 2. The SMILES string of the molecule is CC(C)C[C@H]1CN(Cc2ccccc2)[C@H](C)CN1. The standard InChI is InChI=1S/C16H26N2/c1-13(2)9-16-12-18(14(3)10-17-16)11-15-7-5-4-6-8-15/h4-8,13-14,16-17H,9-12H2,1-3H3/t14-,16+/m1/s1. The van der Waals surface area contributed by atoms with E-state index in [0.717, 1.165) is 19.0 Å². The highest BCUT2D eigenvalue weighted by atomic mass is 15.2. The number of benzene rings is 1. The van der Waals surface area contributed by atoms with Crippen LogP contribution < -0.4 is 5.32 Å². The smallest absolute Gasteiger partial charge is 0.0237 e. The van der Waals surface area contributed by atoms with Crippen molar-refractivity contribution >= 4 is 0 Å². The van der Waals surface area contributed by atoms with E-state index < -0.39 is 0 Å². The normalized spacial score (nSPS) is 25.6. The van der Waals surface area contributed by atoms with Gasteiger partial charge in [0.25, 0.3) is 0 Å². The van der Waals surface area contributed by atoms with Gasteiger partial charge in [-0.15, -0.1) is 0 Å². The summed E-state index contributed by atoms with van der Waals surface area (Å²) in [4.78, 5) is 2.61. The molecule has 0 aromatic heterocycles. The second-order valence-corrected chi connectivity index (χ2v) is 6.00. The van der Waals surface area contributed by atoms with Gasteiger partial charge in [0.05, 0.1) is 0 Å². The third-order valence-corrected chi connectivity index (χ3v) is 3.76. The summed E-state index contributed by atoms with van der Waals surface area (Å²) in [7, 11) is 0. The van der Waals surface area contributed by atoms with Crippen LogP contribution in [0.2, 0.25) is 0 Å². The Labute approximate surface area is 111 Å². The van der Waals surface area contributed by atoms with E-state index in [1.165, 1.54) is 18.5 Å². The average Bonchev–Trinajstić information content (AvgIpc) is 2.34. The molecule has 2 rings (SSSR count). The van der Waals surface area contributed by atoms with E-state index >= 15 is 0 Å². The maximum absolute atomic E-state index is 3.67. The third-order valence-electron chi connectivity index (χ3n) is 3.76. The number of rotatable bonds is 4. The second-order valence-electron chi connectivity index (χ2n) is 6.00. The van der Waals surface area contributed by atoms with Gasteiger partial charge in [0.15, 0.2) is 0 Å². The van der Waals surface area contributed by atoms with Crippen LogP contribution in [0.5, 0.6) is 0 Å². The molecule has 1 aromatic rings. The largest absolute Gasteiger partial charge is 0.311 e. The molecule has 18 heavy (non-hydrogen) atoms. The monoisotopic (exact) mass is 246 g/mol. The molecule has 1 N–H and O–H groups in total. The molecule has 0 amide bonds. The van der Waals surface area contributed by atoms with E-state index in [0.29, 0.717) is 12.1 Å². The van der Waals surface area contributed by atoms with Crippen molar-refractivity contribution in [3.8, 4) is 0 Å². The van der Waals surface area contributed by atoms with Gasteiger partial charge in [-0.05, 0) is 24.8 Å². The van der Waals surface area contributed by atoms with E-state index in [9.17, 15) is 0 Å². The molecule has 2 nitrogen and oxygen atoms in total. The number of piperazine rings is 1. The minimum Gasteiger partial charge on any atom is -0.311 e. The van der Waals surface area contributed by atoms with Crippen LogP contribution >= 0.6 is 0 Å². The zero-order valence-electron chi connectivity index (χ0n) is 11.9. The molecule has 1 saturated heterocycles. The first-order chi connectivity index (χ1) is 8.65. The summed E-state index contributed by atoms with van der Waals surface area (Å²) >= 11 is 0. The minimum absolute atomic E-state index is 0.633. The van der Waals surface area contributed by atoms with Crippen molar-refractivity contribution in [1.82, 2.24) is 10.2 Å². The van der Waals surface area contributed by atoms with Crippen LogP contribution in [0.3, 0.4) is 0 Å². The van der Waals surface area contributed by atoms with Crippen molar-refractivity contribution in [3.63, 3.8) is 0 Å². The van der Waals surface area contributed by atoms with Crippen molar-refractivity contribution in [2.75, 3.05) is 13.1 Å². The van der Waals surface area contributed by atoms with Crippen molar-refractivity contribution in [3.05, 3.63) is 35.9 Å². The molecular weight excluding hydrogens is 220 g/mol. The quantitative estimate of drug-likeness (QED) is 0.879. The van der Waals surface area contributed by atoms with Gasteiger partial charge in [0.1, 0.15) is 0 Å². The number of nitrogens with one attached hydrogen (secondary N) is 1. The van der Waals surface area contributed by atoms with Gasteiger partial charge in [0, 0.05) is 31.7 Å². The van der Waals surface area contributed by atoms with Gasteiger partial charge in [0.2, 0.25) is 0 Å². The highest BCUT2D eigenvalue weighted by Crippen LogP contribution is 2.16. The first-order valence-corrected chi connectivity index (χ1v) is 7.16. The molecule has 1 aromatic carbocycles. The van der Waals surface area contributed by atoms with E-state index in [4.69, 9.17) is 0 Å². The first kappa shape index (κ1) is 13.6. The minimum atomic E-state index is 0.633. The molecule has 100 valence electrons. The molecule has 0 unspecified atom stereocenters. The van der Waals surface area contributed by atoms with Crippen LogP contribution in [0.1, 0.15) is 32.8 Å². The van der Waals surface area contributed by atoms with Crippen molar-refractivity contribution in [1.29, 1.82) is 0 Å². The highest BCUT2D eigenvalue weighted by Gasteiger charge is 2.25. The van der Waals surface area contributed by atoms with E-state index in [1.54, 1.807) is 0 Å². The fourth-order valence-electron chi connectivity index (χ4n) is 2.76. The lowest BCUT2D eigenvalue weighted by molar-refractivity contribution is 0.125. The zero-order chi connectivity index (χ0) is 13.0. The third kappa shape index (κ3) is 3.82. The summed E-state index contributed by atoms with van der Waals surface area (Å²) in [5.74, 6) is 0.773. The predicted octanol–water partition coefficient (Wildman–Crippen LogP) is 2.90. The Morgan fingerprint density at radius 1 is 1.28 bits per heavy atom. The Morgan fingerprint density at radius 3 is 2.67 bits per heavy atom. The Hall–Kier alpha value is -0.860. The highest BCUT2D eigenvalue weighted by molar-refractivity contribution is 5.14. The van der Waals surface area contributed by atoms with E-state index in [2.05, 4.69) is 61.3 Å². The summed E-state index contributed by atoms with van der Waals surface area (Å²) in [5, 5.41) is 3.67. The fraction of sp³-hybridized carbons (Fsp3) is 0.625. The van der Waals surface area contributed by atoms with Crippen LogP contribution in [0.15, 0.2) is 30.3 Å². The van der Waals surface area contributed by atoms with E-state index in [-0.39, 0.29) is 0 Å². The zero-order valence-corrected chi connectivity index (χ0v) is 11.9. The molecule has 2 atom stereocenters. The lowest BCUT2D eigenvalue weighted by atomic mass is 9.99. The van der Waals surface area contributed by atoms with Crippen molar-refractivity contribution in [2.24, 2.45) is 5.92 Å². The summed E-state index contributed by atoms with van der Waals surface area (Å²) in [6.45, 7) is 10.3. The molecule has 2 heteroatoms. The lowest BCUT2D eigenvalue weighted by Gasteiger charge is -2.39. The molecule has 0 radical (unpaired) electrons. The van der Waals surface area contributed by atoms with Crippen LogP contribution in [-0.4, -0.2) is 30.1 Å². The fourth-order valence-corrected chi connectivity index (χ4v) is 2.76. The summed E-state index contributed by atoms with van der Waals surface area (Å²) in [6, 6.07) is 12.1. The Balaban J connectivity index is 1.93. The molecule has 1 aliphatic heterocycles. The average molecular weight is 246 g/mol. The lowest BCUT2D eigenvalue weighted by Crippen LogP contribution is -2.55. The van der Waals surface area contributed by atoms with Crippen molar-refractivity contribution in [2.45, 2.75) is 45.8 Å². The summed E-state index contributed by atoms with van der Waals surface area (Å²) in [5.41, 5.74) is 1.43. The summed E-state index contributed by atoms with van der Waals surface area (Å²) in [6.07, 6.45) is 1.28. The topological polar surface area (TPSA) is 15.3 Å². The van der Waals surface area contributed by atoms with Gasteiger partial charge in [-0.2, -0.15) is 0 Å². The molecule has 1 heterocycles. The molecule has 0 bridgehead atoms. The maximum Gasteiger partial charge on any atom is 0.0237 e. The molecule has 0 saturated carbocycles. The summed E-state index contributed by atoms with van der Waals surface area (Å²) < 4.78 is 0. The Bertz CT molecular complexity index is 347. The van der Waals surface area contributed by atoms with Gasteiger partial charge < -0.3 is 5.32 Å². The van der Waals surface area contributed by atoms with Crippen LogP contribution in [0.25, 0.3) is 0 Å². The van der Waals surface area contributed by atoms with Crippen molar-refractivity contribution < 1.29 is 0 Å². The number of nitrogens with zero attached hydrogens (tertiary/aromatic N) is 1. The van der Waals surface area contributed by atoms with Crippen LogP contribution in [-0.2, 0) is 6.54 Å². The molecule has 1 fully saturated rings. The molecule has 0 aliphatic carbocycles. The van der Waals surface area contributed by atoms with Gasteiger partial charge in [-0.25, -0.2) is 0 Å². The van der Waals surface area contributed by atoms with Gasteiger partial charge in [-0.3, -0.25) is 4.90 Å². The van der Waals surface area contributed by atoms with Gasteiger partial charge >= 0.3 is 0 Å². The maximum atomic E-state index is 3.67. The van der Waals surface area contributed by atoms with Gasteiger partial charge in [-0.1, -0.05) is 44.2 Å².